The van der Waals surface area contributed by atoms with E-state index in [1.165, 1.54) is 45.2 Å². The first-order valence-electron chi connectivity index (χ1n) is 12.1. The Labute approximate surface area is 188 Å². The highest BCUT2D eigenvalue weighted by atomic mass is 16.5. The molecule has 2 aliphatic heterocycles. The van der Waals surface area contributed by atoms with Crippen molar-refractivity contribution in [3.05, 3.63) is 18.2 Å². The predicted octanol–water partition coefficient (Wildman–Crippen LogP) is 3.19. The molecule has 7 heteroatoms. The Balaban J connectivity index is 1.57. The van der Waals surface area contributed by atoms with Gasteiger partial charge in [-0.3, -0.25) is 10.6 Å². The van der Waals surface area contributed by atoms with Crippen LogP contribution in [0, 0.1) is 5.92 Å². The number of hydrogen-bond acceptors (Lipinski definition) is 7. The van der Waals surface area contributed by atoms with Crippen molar-refractivity contribution in [2.75, 3.05) is 45.7 Å². The van der Waals surface area contributed by atoms with Gasteiger partial charge in [-0.1, -0.05) is 33.1 Å². The van der Waals surface area contributed by atoms with E-state index in [0.29, 0.717) is 24.7 Å². The van der Waals surface area contributed by atoms with Crippen LogP contribution in [-0.2, 0) is 0 Å². The van der Waals surface area contributed by atoms with Crippen molar-refractivity contribution in [3.63, 3.8) is 0 Å². The van der Waals surface area contributed by atoms with Gasteiger partial charge in [0.05, 0.1) is 19.9 Å². The number of nitrogens with one attached hydrogen (secondary N) is 4. The Morgan fingerprint density at radius 3 is 2.71 bits per heavy atom. The number of rotatable bonds is 13. The smallest absolute Gasteiger partial charge is 0.163 e. The topological polar surface area (TPSA) is 69.8 Å². The van der Waals surface area contributed by atoms with E-state index in [-0.39, 0.29) is 6.29 Å². The first-order valence-corrected chi connectivity index (χ1v) is 12.1. The molecule has 0 amide bonds. The van der Waals surface area contributed by atoms with Crippen LogP contribution >= 0.6 is 0 Å². The van der Waals surface area contributed by atoms with Crippen LogP contribution in [0.15, 0.2) is 18.2 Å². The molecule has 4 atom stereocenters. The minimum Gasteiger partial charge on any atom is -0.493 e. The second kappa shape index (κ2) is 12.5. The number of nitrogens with zero attached hydrogens (tertiary/aromatic N) is 1. The van der Waals surface area contributed by atoms with Crippen molar-refractivity contribution in [1.29, 1.82) is 0 Å². The monoisotopic (exact) mass is 433 g/mol. The average Bonchev–Trinajstić information content (AvgIpc) is 2.75. The van der Waals surface area contributed by atoms with Crippen LogP contribution in [0.5, 0.6) is 11.5 Å². The third kappa shape index (κ3) is 7.52. The summed E-state index contributed by atoms with van der Waals surface area (Å²) in [6, 6.07) is 6.58. The normalized spacial score (nSPS) is 25.0. The second-order valence-corrected chi connectivity index (χ2v) is 9.12. The zero-order chi connectivity index (χ0) is 22.1. The molecular weight excluding hydrogens is 390 g/mol. The number of likely N-dealkylation sites (tertiary alicyclic amines) is 1. The molecule has 2 fully saturated rings. The van der Waals surface area contributed by atoms with Gasteiger partial charge in [-0.2, -0.15) is 0 Å². The van der Waals surface area contributed by atoms with Gasteiger partial charge in [0.25, 0.3) is 0 Å². The minimum atomic E-state index is 0.00408. The Bertz CT molecular complexity index is 655. The molecule has 0 aromatic heterocycles. The van der Waals surface area contributed by atoms with E-state index >= 15 is 0 Å². The van der Waals surface area contributed by atoms with Crippen molar-refractivity contribution in [1.82, 2.24) is 20.9 Å². The van der Waals surface area contributed by atoms with Gasteiger partial charge in [0.15, 0.2) is 11.5 Å². The first kappa shape index (κ1) is 24.1. The zero-order valence-corrected chi connectivity index (χ0v) is 19.9. The van der Waals surface area contributed by atoms with Crippen LogP contribution in [0.25, 0.3) is 0 Å². The molecule has 0 spiro atoms. The number of methoxy groups -OCH3 is 1. The highest BCUT2D eigenvalue weighted by Crippen LogP contribution is 2.31. The summed E-state index contributed by atoms with van der Waals surface area (Å²) in [6.45, 7) is 8.74. The molecule has 2 saturated heterocycles. The molecule has 1 aromatic rings. The van der Waals surface area contributed by atoms with E-state index in [9.17, 15) is 0 Å². The Kier molecular flexibility index (Phi) is 9.71. The van der Waals surface area contributed by atoms with Crippen molar-refractivity contribution >= 4 is 5.69 Å². The number of ether oxygens (including phenoxy) is 2. The lowest BCUT2D eigenvalue weighted by molar-refractivity contribution is 0.131. The van der Waals surface area contributed by atoms with E-state index in [4.69, 9.17) is 9.47 Å². The lowest BCUT2D eigenvalue weighted by Gasteiger charge is -2.38. The van der Waals surface area contributed by atoms with Crippen LogP contribution in [0.2, 0.25) is 0 Å². The van der Waals surface area contributed by atoms with Crippen molar-refractivity contribution in [2.24, 2.45) is 5.92 Å². The molecule has 7 nitrogen and oxygen atoms in total. The maximum absolute atomic E-state index is 6.17. The average molecular weight is 434 g/mol. The van der Waals surface area contributed by atoms with Crippen LogP contribution in [0.4, 0.5) is 5.69 Å². The van der Waals surface area contributed by atoms with Gasteiger partial charge >= 0.3 is 0 Å². The molecule has 4 N–H and O–H groups in total. The van der Waals surface area contributed by atoms with E-state index in [2.05, 4.69) is 40.0 Å². The summed E-state index contributed by atoms with van der Waals surface area (Å²) >= 11 is 0. The fourth-order valence-electron chi connectivity index (χ4n) is 4.37. The second-order valence-electron chi connectivity index (χ2n) is 9.12. The van der Waals surface area contributed by atoms with Crippen molar-refractivity contribution < 1.29 is 9.47 Å². The van der Waals surface area contributed by atoms with E-state index in [1.54, 1.807) is 7.11 Å². The minimum absolute atomic E-state index is 0.00408. The van der Waals surface area contributed by atoms with Crippen LogP contribution in [0.3, 0.4) is 0 Å². The highest BCUT2D eigenvalue weighted by molar-refractivity contribution is 5.55. The van der Waals surface area contributed by atoms with Gasteiger partial charge in [-0.15, -0.1) is 0 Å². The van der Waals surface area contributed by atoms with Crippen LogP contribution in [0.1, 0.15) is 52.4 Å². The van der Waals surface area contributed by atoms with Crippen molar-refractivity contribution in [2.45, 2.75) is 70.9 Å². The fourth-order valence-corrected chi connectivity index (χ4v) is 4.37. The summed E-state index contributed by atoms with van der Waals surface area (Å²) in [4.78, 5) is 2.48. The zero-order valence-electron chi connectivity index (χ0n) is 19.9. The molecule has 1 aromatic carbocycles. The molecule has 0 saturated carbocycles. The van der Waals surface area contributed by atoms with Gasteiger partial charge in [0.2, 0.25) is 0 Å². The molecule has 3 rings (SSSR count). The standard InChI is InChI=1S/C24H43N5O2/c1-5-6-7-9-19-15-23(25-3)28-24(26-19)27-20-10-11-21(30-4)22(14-20)31-17-18(2)16-29-12-8-13-29/h10-11,14,18-19,23-28H,5-9,12-13,15-17H2,1-4H3/t18-,19?,23?,24?/m1/s1. The van der Waals surface area contributed by atoms with Gasteiger partial charge in [-0.25, -0.2) is 0 Å². The summed E-state index contributed by atoms with van der Waals surface area (Å²) in [7, 11) is 3.71. The van der Waals surface area contributed by atoms with Crippen LogP contribution in [-0.4, -0.2) is 63.8 Å². The largest absolute Gasteiger partial charge is 0.493 e. The van der Waals surface area contributed by atoms with Gasteiger partial charge in [-0.05, 0) is 51.5 Å². The van der Waals surface area contributed by atoms with Gasteiger partial charge in [0.1, 0.15) is 6.29 Å². The van der Waals surface area contributed by atoms with E-state index < -0.39 is 0 Å². The lowest BCUT2D eigenvalue weighted by atomic mass is 10.0. The Morgan fingerprint density at radius 1 is 1.19 bits per heavy atom. The van der Waals surface area contributed by atoms with E-state index in [0.717, 1.165) is 30.2 Å². The summed E-state index contributed by atoms with van der Waals surface area (Å²) in [5, 5.41) is 14.3. The lowest BCUT2D eigenvalue weighted by Crippen LogP contribution is -2.64. The van der Waals surface area contributed by atoms with Gasteiger partial charge in [0, 0.05) is 30.3 Å². The predicted molar refractivity (Wildman–Crippen MR) is 128 cm³/mol. The number of unbranched alkanes of at least 4 members (excludes halogenated alkanes) is 2. The molecule has 2 aliphatic rings. The molecule has 176 valence electrons. The summed E-state index contributed by atoms with van der Waals surface area (Å²) < 4.78 is 11.7. The van der Waals surface area contributed by atoms with Crippen molar-refractivity contribution in [3.8, 4) is 11.5 Å². The quantitative estimate of drug-likeness (QED) is 0.356. The fraction of sp³-hybridized carbons (Fsp3) is 0.750. The molecule has 0 bridgehead atoms. The molecule has 31 heavy (non-hydrogen) atoms. The third-order valence-corrected chi connectivity index (χ3v) is 6.31. The molecule has 0 radical (unpaired) electrons. The Hall–Kier alpha value is -1.54. The Morgan fingerprint density at radius 2 is 2.03 bits per heavy atom. The van der Waals surface area contributed by atoms with Crippen LogP contribution < -0.4 is 30.7 Å². The molecule has 0 aliphatic carbocycles. The number of anilines is 1. The third-order valence-electron chi connectivity index (χ3n) is 6.31. The molecule has 2 heterocycles. The first-order chi connectivity index (χ1) is 15.1. The highest BCUT2D eigenvalue weighted by Gasteiger charge is 2.26. The number of benzene rings is 1. The summed E-state index contributed by atoms with van der Waals surface area (Å²) in [5.74, 6) is 2.06. The maximum Gasteiger partial charge on any atom is 0.163 e. The SMILES string of the molecule is CCCCCC1CC(NC)NC(Nc2ccc(OC)c(OC[C@H](C)CN3CCC3)c2)N1. The molecular formula is C24H43N5O2. The maximum atomic E-state index is 6.17. The summed E-state index contributed by atoms with van der Waals surface area (Å²) in [6.07, 6.45) is 7.74. The summed E-state index contributed by atoms with van der Waals surface area (Å²) in [5.41, 5.74) is 1.01. The van der Waals surface area contributed by atoms with Gasteiger partial charge < -0.3 is 25.0 Å². The molecule has 3 unspecified atom stereocenters. The number of hydrogen-bond donors (Lipinski definition) is 4. The van der Waals surface area contributed by atoms with E-state index in [1.807, 2.05) is 25.2 Å².